The fourth-order valence-electron chi connectivity index (χ4n) is 4.65. The van der Waals surface area contributed by atoms with Gasteiger partial charge in [-0.2, -0.15) is 0 Å². The molecule has 1 aromatic heterocycles. The number of nitrogens with zero attached hydrogens (tertiary/aromatic N) is 1. The van der Waals surface area contributed by atoms with Gasteiger partial charge in [-0.05, 0) is 43.4 Å². The Morgan fingerprint density at radius 3 is 2.20 bits per heavy atom. The van der Waals surface area contributed by atoms with Crippen molar-refractivity contribution in [3.63, 3.8) is 0 Å². The van der Waals surface area contributed by atoms with Crippen molar-refractivity contribution in [1.82, 2.24) is 20.9 Å². The van der Waals surface area contributed by atoms with Crippen LogP contribution in [0.4, 0.5) is 0 Å². The van der Waals surface area contributed by atoms with Crippen LogP contribution in [0.5, 0.6) is 0 Å². The predicted octanol–water partition coefficient (Wildman–Crippen LogP) is -0.746. The summed E-state index contributed by atoms with van der Waals surface area (Å²) < 4.78 is 0. The number of para-hydroxylation sites is 1. The SMILES string of the molecule is CC(O)C(NC(=O)C(Cc1ccccc1)NC(=O)C(N)Cc1c[nH]c2ccccc12)C(=O)NC(CCCN=C(N)N)C(=O)O. The van der Waals surface area contributed by atoms with Gasteiger partial charge in [0.05, 0.1) is 12.1 Å². The number of carboxylic acid groups (broad SMARTS) is 1. The zero-order valence-electron chi connectivity index (χ0n) is 24.4. The van der Waals surface area contributed by atoms with Crippen LogP contribution in [0.25, 0.3) is 10.9 Å². The Morgan fingerprint density at radius 1 is 0.886 bits per heavy atom. The summed E-state index contributed by atoms with van der Waals surface area (Å²) in [4.78, 5) is 58.4. The molecule has 3 aromatic rings. The van der Waals surface area contributed by atoms with Gasteiger partial charge < -0.3 is 48.3 Å². The molecule has 5 atom stereocenters. The number of guanidine groups is 1. The highest BCUT2D eigenvalue weighted by Crippen LogP contribution is 2.19. The number of rotatable bonds is 16. The van der Waals surface area contributed by atoms with Gasteiger partial charge >= 0.3 is 5.97 Å². The third-order valence-corrected chi connectivity index (χ3v) is 6.99. The molecule has 0 spiro atoms. The summed E-state index contributed by atoms with van der Waals surface area (Å²) in [5, 5.41) is 28.4. The first kappa shape index (κ1) is 33.6. The van der Waals surface area contributed by atoms with E-state index >= 15 is 0 Å². The number of carbonyl (C=O) groups is 4. The molecule has 14 nitrogen and oxygen atoms in total. The van der Waals surface area contributed by atoms with E-state index in [0.29, 0.717) is 0 Å². The molecule has 0 saturated heterocycles. The minimum Gasteiger partial charge on any atom is -0.480 e. The number of aliphatic hydroxyl groups is 1. The molecule has 12 N–H and O–H groups in total. The fraction of sp³-hybridized carbons (Fsp3) is 0.367. The third kappa shape index (κ3) is 9.81. The van der Waals surface area contributed by atoms with Crippen LogP contribution < -0.4 is 33.2 Å². The molecule has 0 aliphatic carbocycles. The topological polar surface area (TPSA) is 251 Å². The van der Waals surface area contributed by atoms with Crippen molar-refractivity contribution in [2.75, 3.05) is 6.54 Å². The number of aliphatic carboxylic acids is 1. The molecule has 236 valence electrons. The molecule has 44 heavy (non-hydrogen) atoms. The second-order valence-corrected chi connectivity index (χ2v) is 10.5. The van der Waals surface area contributed by atoms with Crippen LogP contribution in [-0.4, -0.2) is 81.7 Å². The van der Waals surface area contributed by atoms with E-state index in [-0.39, 0.29) is 38.2 Å². The summed E-state index contributed by atoms with van der Waals surface area (Å²) in [6.45, 7) is 1.43. The highest BCUT2D eigenvalue weighted by Gasteiger charge is 2.33. The lowest BCUT2D eigenvalue weighted by Gasteiger charge is -2.26. The van der Waals surface area contributed by atoms with E-state index in [1.165, 1.54) is 6.92 Å². The minimum atomic E-state index is -1.52. The van der Waals surface area contributed by atoms with Gasteiger partial charge in [0.2, 0.25) is 17.7 Å². The summed E-state index contributed by atoms with van der Waals surface area (Å²) in [6.07, 6.45) is 0.906. The van der Waals surface area contributed by atoms with Crippen molar-refractivity contribution in [3.8, 4) is 0 Å². The number of aliphatic hydroxyl groups excluding tert-OH is 1. The number of nitrogens with two attached hydrogens (primary N) is 3. The minimum absolute atomic E-state index is 0.000658. The third-order valence-electron chi connectivity index (χ3n) is 6.99. The van der Waals surface area contributed by atoms with Gasteiger partial charge in [0.15, 0.2) is 5.96 Å². The number of amides is 3. The molecule has 2 aromatic carbocycles. The Kier molecular flexibility index (Phi) is 12.2. The van der Waals surface area contributed by atoms with E-state index in [1.807, 2.05) is 24.3 Å². The van der Waals surface area contributed by atoms with Crippen LogP contribution in [0.3, 0.4) is 0 Å². The monoisotopic (exact) mass is 608 g/mol. The molecule has 0 fully saturated rings. The number of aliphatic imine (C=N–C) groups is 1. The molecule has 3 amide bonds. The van der Waals surface area contributed by atoms with Crippen LogP contribution in [-0.2, 0) is 32.0 Å². The Labute approximate surface area is 254 Å². The fourth-order valence-corrected chi connectivity index (χ4v) is 4.65. The number of benzene rings is 2. The van der Waals surface area contributed by atoms with E-state index in [1.54, 1.807) is 36.5 Å². The van der Waals surface area contributed by atoms with Crippen LogP contribution in [0.15, 0.2) is 65.8 Å². The van der Waals surface area contributed by atoms with Gasteiger partial charge in [0.1, 0.15) is 18.1 Å². The van der Waals surface area contributed by atoms with E-state index < -0.39 is 54.0 Å². The summed E-state index contributed by atoms with van der Waals surface area (Å²) in [6, 6.07) is 11.5. The van der Waals surface area contributed by atoms with Crippen LogP contribution in [0.2, 0.25) is 0 Å². The maximum atomic E-state index is 13.5. The zero-order chi connectivity index (χ0) is 32.2. The Bertz CT molecular complexity index is 1450. The van der Waals surface area contributed by atoms with Crippen molar-refractivity contribution < 1.29 is 29.4 Å². The first-order chi connectivity index (χ1) is 21.0. The summed E-state index contributed by atoms with van der Waals surface area (Å²) >= 11 is 0. The molecule has 3 rings (SSSR count). The maximum absolute atomic E-state index is 13.5. The molecule has 0 bridgehead atoms. The second-order valence-electron chi connectivity index (χ2n) is 10.5. The number of nitrogens with one attached hydrogen (secondary N) is 4. The van der Waals surface area contributed by atoms with Crippen molar-refractivity contribution >= 4 is 40.6 Å². The number of carboxylic acids is 1. The normalized spacial score (nSPS) is 14.4. The first-order valence-electron chi connectivity index (χ1n) is 14.2. The summed E-state index contributed by atoms with van der Waals surface area (Å²) in [7, 11) is 0. The Morgan fingerprint density at radius 2 is 1.55 bits per heavy atom. The lowest BCUT2D eigenvalue weighted by atomic mass is 10.0. The number of aromatic nitrogens is 1. The van der Waals surface area contributed by atoms with Crippen molar-refractivity contribution in [2.45, 2.75) is 62.9 Å². The molecule has 1 heterocycles. The lowest BCUT2D eigenvalue weighted by Crippen LogP contribution is -2.60. The number of carbonyl (C=O) groups excluding carboxylic acids is 3. The van der Waals surface area contributed by atoms with Gasteiger partial charge in [0.25, 0.3) is 0 Å². The zero-order valence-corrected chi connectivity index (χ0v) is 24.4. The van der Waals surface area contributed by atoms with E-state index in [0.717, 1.165) is 22.0 Å². The van der Waals surface area contributed by atoms with Crippen molar-refractivity contribution in [2.24, 2.45) is 22.2 Å². The van der Waals surface area contributed by atoms with Gasteiger partial charge in [0, 0.05) is 30.1 Å². The van der Waals surface area contributed by atoms with Gasteiger partial charge in [-0.15, -0.1) is 0 Å². The highest BCUT2D eigenvalue weighted by atomic mass is 16.4. The standard InChI is InChI=1S/C30H40N8O6/c1-17(39)25(28(42)36-23(29(43)44)12-7-13-34-30(32)33)38-27(41)24(14-18-8-3-2-4-9-18)37-26(40)21(31)15-19-16-35-22-11-6-5-10-20(19)22/h2-6,8-11,16-17,21,23-25,35,39H,7,12-15,31H2,1H3,(H,36,42)(H,37,40)(H,38,41)(H,43,44)(H4,32,33,34). The van der Waals surface area contributed by atoms with Crippen LogP contribution in [0.1, 0.15) is 30.9 Å². The molecule has 5 unspecified atom stereocenters. The number of hydrogen-bond acceptors (Lipinski definition) is 7. The average Bonchev–Trinajstić information content (AvgIpc) is 3.39. The van der Waals surface area contributed by atoms with E-state index in [2.05, 4.69) is 25.9 Å². The van der Waals surface area contributed by atoms with Gasteiger partial charge in [-0.3, -0.25) is 19.4 Å². The van der Waals surface area contributed by atoms with Gasteiger partial charge in [-0.25, -0.2) is 4.79 Å². The average molecular weight is 609 g/mol. The molecule has 0 radical (unpaired) electrons. The van der Waals surface area contributed by atoms with E-state index in [9.17, 15) is 29.4 Å². The molecule has 0 aliphatic heterocycles. The second kappa shape index (κ2) is 16.0. The highest BCUT2D eigenvalue weighted by molar-refractivity contribution is 5.95. The number of H-pyrrole nitrogens is 1. The number of fused-ring (bicyclic) bond motifs is 1. The number of aromatic amines is 1. The summed E-state index contributed by atoms with van der Waals surface area (Å²) in [5.41, 5.74) is 19.3. The maximum Gasteiger partial charge on any atom is 0.326 e. The number of hydrogen-bond donors (Lipinski definition) is 9. The molecule has 0 aliphatic rings. The molecular formula is C30H40N8O6. The molecule has 14 heteroatoms. The van der Waals surface area contributed by atoms with Crippen LogP contribution in [0, 0.1) is 0 Å². The predicted molar refractivity (Wildman–Crippen MR) is 165 cm³/mol. The van der Waals surface area contributed by atoms with Crippen molar-refractivity contribution in [1.29, 1.82) is 0 Å². The Hall–Kier alpha value is -4.95. The largest absolute Gasteiger partial charge is 0.480 e. The van der Waals surface area contributed by atoms with E-state index in [4.69, 9.17) is 17.2 Å². The van der Waals surface area contributed by atoms with Gasteiger partial charge in [-0.1, -0.05) is 48.5 Å². The quantitative estimate of drug-likeness (QED) is 0.0563. The molecule has 0 saturated carbocycles. The van der Waals surface area contributed by atoms with Crippen LogP contribution >= 0.6 is 0 Å². The molecular weight excluding hydrogens is 568 g/mol. The van der Waals surface area contributed by atoms with Crippen molar-refractivity contribution in [3.05, 3.63) is 71.9 Å². The first-order valence-corrected chi connectivity index (χ1v) is 14.2. The Balaban J connectivity index is 1.72. The smallest absolute Gasteiger partial charge is 0.326 e. The summed E-state index contributed by atoms with van der Waals surface area (Å²) in [5.74, 6) is -3.72. The lowest BCUT2D eigenvalue weighted by molar-refractivity contribution is -0.143.